The molecular formula is C25H28N2O3. The third kappa shape index (κ3) is 3.32. The lowest BCUT2D eigenvalue weighted by molar-refractivity contribution is -0.181. The van der Waals surface area contributed by atoms with Crippen LogP contribution in [0.15, 0.2) is 48.5 Å². The fraction of sp³-hybridized carbons (Fsp3) is 0.400. The smallest absolute Gasteiger partial charge is 0.253 e. The molecule has 2 saturated heterocycles. The van der Waals surface area contributed by atoms with E-state index in [9.17, 15) is 4.79 Å². The Morgan fingerprint density at radius 3 is 2.40 bits per heavy atom. The van der Waals surface area contributed by atoms with Crippen molar-refractivity contribution in [2.75, 3.05) is 26.3 Å². The lowest BCUT2D eigenvalue weighted by Gasteiger charge is -2.37. The van der Waals surface area contributed by atoms with E-state index >= 15 is 0 Å². The molecule has 2 aliphatic rings. The zero-order valence-electron chi connectivity index (χ0n) is 17.7. The van der Waals surface area contributed by atoms with Crippen molar-refractivity contribution < 1.29 is 14.3 Å². The van der Waals surface area contributed by atoms with Gasteiger partial charge in [-0.15, -0.1) is 0 Å². The molecule has 1 spiro atoms. The van der Waals surface area contributed by atoms with Gasteiger partial charge in [0.05, 0.1) is 13.2 Å². The highest BCUT2D eigenvalue weighted by Gasteiger charge is 2.40. The number of ether oxygens (including phenoxy) is 2. The Bertz CT molecular complexity index is 1070. The van der Waals surface area contributed by atoms with Crippen LogP contribution in [0.4, 0.5) is 0 Å². The molecule has 156 valence electrons. The van der Waals surface area contributed by atoms with Gasteiger partial charge in [-0.05, 0) is 43.2 Å². The maximum absolute atomic E-state index is 13.2. The highest BCUT2D eigenvalue weighted by atomic mass is 16.7. The molecule has 30 heavy (non-hydrogen) atoms. The Labute approximate surface area is 177 Å². The third-order valence-corrected chi connectivity index (χ3v) is 6.70. The number of nitrogens with zero attached hydrogens (tertiary/aromatic N) is 2. The van der Waals surface area contributed by atoms with Crippen LogP contribution in [0.1, 0.15) is 40.0 Å². The van der Waals surface area contributed by atoms with Crippen molar-refractivity contribution in [1.82, 2.24) is 9.47 Å². The van der Waals surface area contributed by atoms with Gasteiger partial charge in [0.2, 0.25) is 0 Å². The van der Waals surface area contributed by atoms with Crippen LogP contribution in [0.2, 0.25) is 0 Å². The second-order valence-electron chi connectivity index (χ2n) is 8.41. The van der Waals surface area contributed by atoms with E-state index in [-0.39, 0.29) is 5.91 Å². The van der Waals surface area contributed by atoms with Crippen molar-refractivity contribution in [2.45, 2.75) is 39.0 Å². The van der Waals surface area contributed by atoms with Crippen molar-refractivity contribution in [1.29, 1.82) is 0 Å². The number of piperidine rings is 1. The normalized spacial score (nSPS) is 18.4. The zero-order valence-corrected chi connectivity index (χ0v) is 17.7. The molecule has 2 fully saturated rings. The summed E-state index contributed by atoms with van der Waals surface area (Å²) in [5.41, 5.74) is 5.69. The number of carbonyl (C=O) groups excluding carboxylic acids is 1. The summed E-state index contributed by atoms with van der Waals surface area (Å²) < 4.78 is 13.9. The maximum Gasteiger partial charge on any atom is 0.253 e. The van der Waals surface area contributed by atoms with Crippen LogP contribution in [0.3, 0.4) is 0 Å². The Kier molecular flexibility index (Phi) is 4.88. The molecule has 5 nitrogen and oxygen atoms in total. The molecule has 1 aromatic heterocycles. The van der Waals surface area contributed by atoms with Crippen LogP contribution in [0, 0.1) is 13.8 Å². The molecule has 2 aliphatic heterocycles. The van der Waals surface area contributed by atoms with Gasteiger partial charge in [-0.3, -0.25) is 4.79 Å². The molecule has 5 rings (SSSR count). The van der Waals surface area contributed by atoms with E-state index in [4.69, 9.17) is 9.47 Å². The number of fused-ring (bicyclic) bond motifs is 1. The van der Waals surface area contributed by atoms with Gasteiger partial charge in [0.1, 0.15) is 0 Å². The molecule has 0 radical (unpaired) electrons. The summed E-state index contributed by atoms with van der Waals surface area (Å²) in [6.45, 7) is 7.79. The number of benzene rings is 2. The third-order valence-electron chi connectivity index (χ3n) is 6.70. The summed E-state index contributed by atoms with van der Waals surface area (Å²) in [6, 6.07) is 16.6. The first kappa shape index (κ1) is 19.3. The number of carbonyl (C=O) groups is 1. The molecule has 3 aromatic rings. The van der Waals surface area contributed by atoms with Crippen LogP contribution < -0.4 is 0 Å². The second-order valence-corrected chi connectivity index (χ2v) is 8.41. The molecule has 0 unspecified atom stereocenters. The predicted molar refractivity (Wildman–Crippen MR) is 117 cm³/mol. The molecule has 2 aromatic carbocycles. The van der Waals surface area contributed by atoms with Gasteiger partial charge in [-0.1, -0.05) is 30.3 Å². The highest BCUT2D eigenvalue weighted by Crippen LogP contribution is 2.32. The molecule has 0 N–H and O–H groups in total. The average molecular weight is 405 g/mol. The van der Waals surface area contributed by atoms with Gasteiger partial charge < -0.3 is 18.9 Å². The van der Waals surface area contributed by atoms with Gasteiger partial charge in [0.25, 0.3) is 5.91 Å². The average Bonchev–Trinajstić information content (AvgIpc) is 3.33. The SMILES string of the molecule is Cc1c(C)n(Cc2ccccc2)c2ccc(C(=O)N3CCC4(CC3)OCCO4)cc12. The number of likely N-dealkylation sites (tertiary alicyclic amines) is 1. The Morgan fingerprint density at radius 1 is 1.00 bits per heavy atom. The summed E-state index contributed by atoms with van der Waals surface area (Å²) in [4.78, 5) is 15.1. The number of amides is 1. The zero-order chi connectivity index (χ0) is 20.7. The minimum atomic E-state index is -0.455. The largest absolute Gasteiger partial charge is 0.347 e. The van der Waals surface area contributed by atoms with Crippen molar-refractivity contribution in [3.63, 3.8) is 0 Å². The fourth-order valence-corrected chi connectivity index (χ4v) is 4.77. The monoisotopic (exact) mass is 404 g/mol. The topological polar surface area (TPSA) is 43.7 Å². The van der Waals surface area contributed by atoms with Crippen molar-refractivity contribution in [2.24, 2.45) is 0 Å². The van der Waals surface area contributed by atoms with Crippen LogP contribution >= 0.6 is 0 Å². The van der Waals surface area contributed by atoms with E-state index in [1.807, 2.05) is 17.0 Å². The van der Waals surface area contributed by atoms with Crippen LogP contribution in [-0.2, 0) is 16.0 Å². The maximum atomic E-state index is 13.2. The molecule has 0 aliphatic carbocycles. The molecular weight excluding hydrogens is 376 g/mol. The Hall–Kier alpha value is -2.63. The summed E-state index contributed by atoms with van der Waals surface area (Å²) in [5.74, 6) is -0.360. The molecule has 1 amide bonds. The first-order valence-electron chi connectivity index (χ1n) is 10.8. The van der Waals surface area contributed by atoms with Gasteiger partial charge in [-0.25, -0.2) is 0 Å². The summed E-state index contributed by atoms with van der Waals surface area (Å²) >= 11 is 0. The number of hydrogen-bond donors (Lipinski definition) is 0. The number of aryl methyl sites for hydroxylation is 1. The molecule has 5 heteroatoms. The lowest BCUT2D eigenvalue weighted by Crippen LogP contribution is -2.47. The Balaban J connectivity index is 1.40. The molecule has 0 atom stereocenters. The predicted octanol–water partition coefficient (Wildman–Crippen LogP) is 4.29. The van der Waals surface area contributed by atoms with Gasteiger partial charge >= 0.3 is 0 Å². The lowest BCUT2D eigenvalue weighted by atomic mass is 10.0. The minimum absolute atomic E-state index is 0.0950. The molecule has 0 saturated carbocycles. The number of hydrogen-bond acceptors (Lipinski definition) is 3. The van der Waals surface area contributed by atoms with Crippen LogP contribution in [0.25, 0.3) is 10.9 Å². The summed E-state index contributed by atoms with van der Waals surface area (Å²) in [5, 5.41) is 1.16. The highest BCUT2D eigenvalue weighted by molar-refractivity contribution is 5.99. The van der Waals surface area contributed by atoms with Crippen molar-refractivity contribution in [3.05, 3.63) is 70.9 Å². The minimum Gasteiger partial charge on any atom is -0.347 e. The fourth-order valence-electron chi connectivity index (χ4n) is 4.77. The van der Waals surface area contributed by atoms with Crippen LogP contribution in [-0.4, -0.2) is 47.5 Å². The van der Waals surface area contributed by atoms with Crippen LogP contribution in [0.5, 0.6) is 0 Å². The summed E-state index contributed by atoms with van der Waals surface area (Å²) in [6.07, 6.45) is 1.49. The standard InChI is InChI=1S/C25H28N2O3/c1-18-19(2)27(17-20-6-4-3-5-7-20)23-9-8-21(16-22(18)23)24(28)26-12-10-25(11-13-26)29-14-15-30-25/h3-9,16H,10-15,17H2,1-2H3. The number of rotatable bonds is 3. The van der Waals surface area contributed by atoms with Gasteiger partial charge in [0.15, 0.2) is 5.79 Å². The number of aromatic nitrogens is 1. The van der Waals surface area contributed by atoms with Gasteiger partial charge in [-0.2, -0.15) is 0 Å². The van der Waals surface area contributed by atoms with Crippen molar-refractivity contribution >= 4 is 16.8 Å². The van der Waals surface area contributed by atoms with E-state index in [0.29, 0.717) is 26.3 Å². The van der Waals surface area contributed by atoms with E-state index in [1.165, 1.54) is 22.3 Å². The van der Waals surface area contributed by atoms with E-state index in [0.717, 1.165) is 30.3 Å². The molecule has 0 bridgehead atoms. The van der Waals surface area contributed by atoms with E-state index < -0.39 is 5.79 Å². The van der Waals surface area contributed by atoms with Crippen molar-refractivity contribution in [3.8, 4) is 0 Å². The first-order valence-corrected chi connectivity index (χ1v) is 10.8. The quantitative estimate of drug-likeness (QED) is 0.654. The summed E-state index contributed by atoms with van der Waals surface area (Å²) in [7, 11) is 0. The first-order chi connectivity index (χ1) is 14.6. The second kappa shape index (κ2) is 7.56. The van der Waals surface area contributed by atoms with E-state index in [2.05, 4.69) is 54.8 Å². The Morgan fingerprint density at radius 2 is 1.70 bits per heavy atom. The van der Waals surface area contributed by atoms with Gasteiger partial charge in [0, 0.05) is 54.6 Å². The molecule has 3 heterocycles. The van der Waals surface area contributed by atoms with E-state index in [1.54, 1.807) is 0 Å².